The maximum atomic E-state index is 13.0. The summed E-state index contributed by atoms with van der Waals surface area (Å²) in [4.78, 5) is 42.4. The largest absolute Gasteiger partial charge is 0.445 e. The van der Waals surface area contributed by atoms with Crippen molar-refractivity contribution >= 4 is 23.5 Å². The maximum absolute atomic E-state index is 13.0. The number of allylic oxidation sites excluding steroid dienone is 1. The summed E-state index contributed by atoms with van der Waals surface area (Å²) < 4.78 is 11.3. The number of ether oxygens (including phenoxy) is 2. The van der Waals surface area contributed by atoms with E-state index in [4.69, 9.17) is 14.5 Å². The first-order valence-corrected chi connectivity index (χ1v) is 18.1. The highest BCUT2D eigenvalue weighted by atomic mass is 16.6. The minimum atomic E-state index is -0.311. The minimum absolute atomic E-state index is 0.0284. The van der Waals surface area contributed by atoms with E-state index in [1.54, 1.807) is 4.90 Å². The van der Waals surface area contributed by atoms with Crippen LogP contribution in [-0.4, -0.2) is 56.8 Å². The molecule has 4 aromatic carbocycles. The van der Waals surface area contributed by atoms with Gasteiger partial charge in [-0.25, -0.2) is 14.6 Å². The Labute approximate surface area is 303 Å². The van der Waals surface area contributed by atoms with Crippen molar-refractivity contribution in [1.82, 2.24) is 19.8 Å². The van der Waals surface area contributed by atoms with E-state index < -0.39 is 0 Å². The van der Waals surface area contributed by atoms with E-state index in [9.17, 15) is 9.59 Å². The number of carbonyl (C=O) groups is 2. The molecule has 8 rings (SSSR count). The molecule has 2 saturated heterocycles. The highest BCUT2D eigenvalue weighted by Gasteiger charge is 2.35. The topological polar surface area (TPSA) is 100 Å². The van der Waals surface area contributed by atoms with Crippen molar-refractivity contribution in [2.24, 2.45) is 4.99 Å². The van der Waals surface area contributed by atoms with Crippen LogP contribution in [0.5, 0.6) is 0 Å². The van der Waals surface area contributed by atoms with Crippen LogP contribution in [0.1, 0.15) is 60.7 Å². The Morgan fingerprint density at radius 3 is 1.77 bits per heavy atom. The Bertz CT molecular complexity index is 2070. The molecule has 0 spiro atoms. The number of likely N-dealkylation sites (tertiary alicyclic amines) is 2. The van der Waals surface area contributed by atoms with Crippen LogP contribution in [0, 0.1) is 0 Å². The predicted molar refractivity (Wildman–Crippen MR) is 201 cm³/mol. The highest BCUT2D eigenvalue weighted by Crippen LogP contribution is 2.34. The van der Waals surface area contributed by atoms with Crippen molar-refractivity contribution in [2.75, 3.05) is 13.1 Å². The molecule has 262 valence electrons. The standard InChI is InChI=1S/C43H41N5O4/c49-42(51-28-30-9-3-1-4-10-30)47-23-7-13-39(47)37-25-36(26-44-37)34-17-15-32(16-18-34)33-19-21-35(22-20-33)38-27-45-41(46-38)40-14-8-24-48(40)43(50)52-29-31-11-5-2-6-12-31/h1-6,9-12,15-22,26-27,39-40H,7-8,13-14,23-25,28-29H2,(H,45,46)/t39-,40-/m1/s1. The smallest absolute Gasteiger partial charge is 0.410 e. The maximum Gasteiger partial charge on any atom is 0.410 e. The zero-order valence-electron chi connectivity index (χ0n) is 29.0. The number of carbonyl (C=O) groups excluding carboxylic acids is 2. The molecule has 0 unspecified atom stereocenters. The lowest BCUT2D eigenvalue weighted by Crippen LogP contribution is -2.40. The van der Waals surface area contributed by atoms with Crippen LogP contribution in [0.25, 0.3) is 28.0 Å². The van der Waals surface area contributed by atoms with Gasteiger partial charge in [-0.3, -0.25) is 14.8 Å². The number of rotatable bonds is 9. The van der Waals surface area contributed by atoms with Crippen molar-refractivity contribution in [1.29, 1.82) is 0 Å². The van der Waals surface area contributed by atoms with Crippen molar-refractivity contribution in [2.45, 2.75) is 57.4 Å². The summed E-state index contributed by atoms with van der Waals surface area (Å²) in [7, 11) is 0. The Balaban J connectivity index is 0.857. The molecule has 2 amide bonds. The number of benzene rings is 4. The molecule has 4 heterocycles. The SMILES string of the molecule is O=C(OCc1ccccc1)N1CCC[C@@H]1C1=NC=C(c2ccc(-c3ccc(-c4cnc([C@H]5CCCN5C(=O)OCc5ccccc5)[nH]4)cc3)cc2)C1. The Morgan fingerprint density at radius 2 is 1.17 bits per heavy atom. The van der Waals surface area contributed by atoms with Crippen LogP contribution < -0.4 is 0 Å². The highest BCUT2D eigenvalue weighted by molar-refractivity contribution is 6.03. The fourth-order valence-corrected chi connectivity index (χ4v) is 7.40. The monoisotopic (exact) mass is 691 g/mol. The minimum Gasteiger partial charge on any atom is -0.445 e. The van der Waals surface area contributed by atoms with E-state index >= 15 is 0 Å². The first-order valence-electron chi connectivity index (χ1n) is 18.1. The number of aliphatic imine (C=N–C) groups is 1. The summed E-state index contributed by atoms with van der Waals surface area (Å²) in [6.45, 7) is 1.86. The number of nitrogens with one attached hydrogen (secondary N) is 1. The normalized spacial score (nSPS) is 18.3. The van der Waals surface area contributed by atoms with Gasteiger partial charge in [0.2, 0.25) is 0 Å². The number of aromatic nitrogens is 2. The first kappa shape index (κ1) is 33.2. The molecule has 0 aliphatic carbocycles. The van der Waals surface area contributed by atoms with Crippen molar-refractivity contribution < 1.29 is 19.1 Å². The molecular formula is C43H41N5O4. The summed E-state index contributed by atoms with van der Waals surface area (Å²) in [6.07, 6.45) is 7.52. The van der Waals surface area contributed by atoms with E-state index in [-0.39, 0.29) is 37.5 Å². The van der Waals surface area contributed by atoms with Gasteiger partial charge >= 0.3 is 12.2 Å². The van der Waals surface area contributed by atoms with Crippen molar-refractivity contribution in [3.8, 4) is 22.4 Å². The number of imidazole rings is 1. The van der Waals surface area contributed by atoms with E-state index in [0.29, 0.717) is 13.1 Å². The van der Waals surface area contributed by atoms with Crippen LogP contribution >= 0.6 is 0 Å². The van der Waals surface area contributed by atoms with Gasteiger partial charge in [0.05, 0.1) is 24.0 Å². The van der Waals surface area contributed by atoms with Crippen molar-refractivity contribution in [3.63, 3.8) is 0 Å². The van der Waals surface area contributed by atoms with Gasteiger partial charge in [0.15, 0.2) is 0 Å². The molecule has 3 aliphatic heterocycles. The summed E-state index contributed by atoms with van der Waals surface area (Å²) in [5.74, 6) is 0.779. The Hall–Kier alpha value is -5.96. The molecule has 0 bridgehead atoms. The second kappa shape index (κ2) is 15.1. The fraction of sp³-hybridized carbons (Fsp3) is 0.256. The van der Waals surface area contributed by atoms with Crippen LogP contribution in [0.3, 0.4) is 0 Å². The molecular weight excluding hydrogens is 651 g/mol. The second-order valence-corrected chi connectivity index (χ2v) is 13.6. The molecule has 2 fully saturated rings. The number of hydrogen-bond donors (Lipinski definition) is 1. The Kier molecular flexibility index (Phi) is 9.65. The van der Waals surface area contributed by atoms with Crippen LogP contribution in [0.4, 0.5) is 9.59 Å². The molecule has 0 saturated carbocycles. The Morgan fingerprint density at radius 1 is 0.654 bits per heavy atom. The van der Waals surface area contributed by atoms with E-state index in [1.807, 2.05) is 78.0 Å². The van der Waals surface area contributed by atoms with Gasteiger partial charge in [0.25, 0.3) is 0 Å². The molecule has 2 atom stereocenters. The number of hydrogen-bond acceptors (Lipinski definition) is 6. The first-order chi connectivity index (χ1) is 25.6. The average molecular weight is 692 g/mol. The van der Waals surface area contributed by atoms with E-state index in [2.05, 4.69) is 58.5 Å². The third kappa shape index (κ3) is 7.26. The molecule has 5 aromatic rings. The van der Waals surface area contributed by atoms with E-state index in [0.717, 1.165) is 88.3 Å². The van der Waals surface area contributed by atoms with Gasteiger partial charge in [0, 0.05) is 31.4 Å². The fourth-order valence-electron chi connectivity index (χ4n) is 7.40. The molecule has 9 nitrogen and oxygen atoms in total. The lowest BCUT2D eigenvalue weighted by atomic mass is 9.96. The van der Waals surface area contributed by atoms with Gasteiger partial charge in [0.1, 0.15) is 19.0 Å². The molecule has 0 radical (unpaired) electrons. The van der Waals surface area contributed by atoms with Gasteiger partial charge in [-0.1, -0.05) is 109 Å². The molecule has 52 heavy (non-hydrogen) atoms. The third-order valence-electron chi connectivity index (χ3n) is 10.2. The predicted octanol–water partition coefficient (Wildman–Crippen LogP) is 9.20. The second-order valence-electron chi connectivity index (χ2n) is 13.6. The molecule has 1 aromatic heterocycles. The lowest BCUT2D eigenvalue weighted by Gasteiger charge is -2.24. The number of H-pyrrole nitrogens is 1. The van der Waals surface area contributed by atoms with Gasteiger partial charge in [-0.05, 0) is 64.6 Å². The summed E-state index contributed by atoms with van der Waals surface area (Å²) in [6, 6.07) is 36.4. The summed E-state index contributed by atoms with van der Waals surface area (Å²) in [5, 5.41) is 0. The molecule has 3 aliphatic rings. The molecule has 9 heteroatoms. The van der Waals surface area contributed by atoms with Gasteiger partial charge in [-0.15, -0.1) is 0 Å². The summed E-state index contributed by atoms with van der Waals surface area (Å²) in [5.41, 5.74) is 9.43. The van der Waals surface area contributed by atoms with Gasteiger partial charge < -0.3 is 14.5 Å². The van der Waals surface area contributed by atoms with E-state index in [1.165, 1.54) is 0 Å². The number of nitrogens with zero attached hydrogens (tertiary/aromatic N) is 4. The van der Waals surface area contributed by atoms with Crippen LogP contribution in [-0.2, 0) is 22.7 Å². The third-order valence-corrected chi connectivity index (χ3v) is 10.2. The number of aromatic amines is 1. The zero-order valence-corrected chi connectivity index (χ0v) is 29.0. The van der Waals surface area contributed by atoms with Gasteiger partial charge in [-0.2, -0.15) is 0 Å². The number of amides is 2. The van der Waals surface area contributed by atoms with Crippen LogP contribution in [0.15, 0.2) is 127 Å². The average Bonchev–Trinajstić information content (AvgIpc) is 4.04. The van der Waals surface area contributed by atoms with Crippen molar-refractivity contribution in [3.05, 3.63) is 144 Å². The molecule has 1 N–H and O–H groups in total. The van der Waals surface area contributed by atoms with Crippen LogP contribution in [0.2, 0.25) is 0 Å². The quantitative estimate of drug-likeness (QED) is 0.166. The lowest BCUT2D eigenvalue weighted by molar-refractivity contribution is 0.0909. The summed E-state index contributed by atoms with van der Waals surface area (Å²) >= 11 is 0. The zero-order chi connectivity index (χ0) is 35.3.